The fourth-order valence-corrected chi connectivity index (χ4v) is 3.22. The summed E-state index contributed by atoms with van der Waals surface area (Å²) < 4.78 is 5.56. The highest BCUT2D eigenvalue weighted by Crippen LogP contribution is 2.28. The Bertz CT molecular complexity index is 423. The number of piperazine rings is 1. The average Bonchev–Trinajstić information content (AvgIpc) is 2.55. The van der Waals surface area contributed by atoms with E-state index in [-0.39, 0.29) is 0 Å². The number of benzene rings is 1. The second-order valence-electron chi connectivity index (χ2n) is 5.93. The molecule has 118 valence electrons. The number of hydrogen-bond donors (Lipinski definition) is 1. The van der Waals surface area contributed by atoms with Gasteiger partial charge in [0, 0.05) is 32.7 Å². The molecule has 21 heavy (non-hydrogen) atoms. The van der Waals surface area contributed by atoms with E-state index in [2.05, 4.69) is 42.3 Å². The van der Waals surface area contributed by atoms with Crippen LogP contribution < -0.4 is 10.1 Å². The maximum atomic E-state index is 5.56. The predicted molar refractivity (Wildman–Crippen MR) is 89.3 cm³/mol. The zero-order valence-electron chi connectivity index (χ0n) is 13.8. The molecule has 1 aromatic rings. The quantitative estimate of drug-likeness (QED) is 0.835. The van der Waals surface area contributed by atoms with Gasteiger partial charge in [-0.15, -0.1) is 0 Å². The van der Waals surface area contributed by atoms with Gasteiger partial charge in [0.25, 0.3) is 0 Å². The number of nitrogens with zero attached hydrogens (tertiary/aromatic N) is 1. The van der Waals surface area contributed by atoms with Gasteiger partial charge in [0.05, 0.1) is 7.11 Å². The maximum Gasteiger partial charge on any atom is 0.122 e. The molecule has 0 bridgehead atoms. The van der Waals surface area contributed by atoms with Crippen molar-refractivity contribution in [2.45, 2.75) is 39.0 Å². The van der Waals surface area contributed by atoms with Gasteiger partial charge in [-0.05, 0) is 42.4 Å². The van der Waals surface area contributed by atoms with E-state index in [4.69, 9.17) is 4.74 Å². The van der Waals surface area contributed by atoms with Crippen LogP contribution in [0.5, 0.6) is 5.75 Å². The van der Waals surface area contributed by atoms with Crippen molar-refractivity contribution in [3.63, 3.8) is 0 Å². The molecule has 0 radical (unpaired) electrons. The number of nitrogens with one attached hydrogen (secondary N) is 1. The fraction of sp³-hybridized carbons (Fsp3) is 0.667. The Morgan fingerprint density at radius 2 is 1.90 bits per heavy atom. The Kier molecular flexibility index (Phi) is 6.52. The van der Waals surface area contributed by atoms with E-state index in [0.29, 0.717) is 5.92 Å². The van der Waals surface area contributed by atoms with Crippen LogP contribution in [0, 0.1) is 0 Å². The van der Waals surface area contributed by atoms with E-state index >= 15 is 0 Å². The van der Waals surface area contributed by atoms with Gasteiger partial charge >= 0.3 is 0 Å². The number of rotatable bonds is 7. The Morgan fingerprint density at radius 3 is 2.52 bits per heavy atom. The van der Waals surface area contributed by atoms with Crippen LogP contribution in [0.15, 0.2) is 18.2 Å². The Labute approximate surface area is 129 Å². The van der Waals surface area contributed by atoms with E-state index in [1.807, 2.05) is 0 Å². The van der Waals surface area contributed by atoms with Crippen molar-refractivity contribution < 1.29 is 4.74 Å². The summed E-state index contributed by atoms with van der Waals surface area (Å²) in [5.41, 5.74) is 2.83. The smallest absolute Gasteiger partial charge is 0.122 e. The molecule has 0 saturated carbocycles. The molecule has 0 amide bonds. The van der Waals surface area contributed by atoms with Crippen LogP contribution in [-0.4, -0.2) is 44.7 Å². The summed E-state index contributed by atoms with van der Waals surface area (Å²) in [4.78, 5) is 2.54. The molecule has 0 aromatic heterocycles. The second kappa shape index (κ2) is 8.40. The summed E-state index contributed by atoms with van der Waals surface area (Å²) in [6.45, 7) is 10.2. The van der Waals surface area contributed by atoms with Gasteiger partial charge in [0.15, 0.2) is 0 Å². The van der Waals surface area contributed by atoms with E-state index < -0.39 is 0 Å². The van der Waals surface area contributed by atoms with Crippen LogP contribution in [0.1, 0.15) is 43.7 Å². The number of ether oxygens (including phenoxy) is 1. The largest absolute Gasteiger partial charge is 0.496 e. The third kappa shape index (κ3) is 4.45. The van der Waals surface area contributed by atoms with Crippen molar-refractivity contribution in [3.05, 3.63) is 29.3 Å². The van der Waals surface area contributed by atoms with Crippen molar-refractivity contribution in [1.82, 2.24) is 10.2 Å². The maximum absolute atomic E-state index is 5.56. The van der Waals surface area contributed by atoms with E-state index in [9.17, 15) is 0 Å². The highest BCUT2D eigenvalue weighted by Gasteiger charge is 2.13. The molecule has 0 aliphatic carbocycles. The summed E-state index contributed by atoms with van der Waals surface area (Å²) in [5.74, 6) is 1.72. The second-order valence-corrected chi connectivity index (χ2v) is 5.93. The molecule has 0 unspecified atom stereocenters. The minimum absolute atomic E-state index is 0.675. The molecule has 1 aliphatic rings. The molecule has 1 N–H and O–H groups in total. The van der Waals surface area contributed by atoms with Crippen molar-refractivity contribution >= 4 is 0 Å². The van der Waals surface area contributed by atoms with Crippen LogP contribution in [-0.2, 0) is 6.42 Å². The van der Waals surface area contributed by atoms with Crippen LogP contribution >= 0.6 is 0 Å². The lowest BCUT2D eigenvalue weighted by Crippen LogP contribution is -2.44. The van der Waals surface area contributed by atoms with Crippen molar-refractivity contribution in [2.24, 2.45) is 0 Å². The monoisotopic (exact) mass is 290 g/mol. The zero-order valence-corrected chi connectivity index (χ0v) is 13.8. The SMILES string of the molecule is CCC(CC)c1ccc(OC)c(CCN2CCNCC2)c1. The van der Waals surface area contributed by atoms with E-state index in [1.165, 1.54) is 24.0 Å². The van der Waals surface area contributed by atoms with Crippen LogP contribution in [0.4, 0.5) is 0 Å². The molecule has 1 heterocycles. The van der Waals surface area contributed by atoms with Crippen LogP contribution in [0.2, 0.25) is 0 Å². The predicted octanol–water partition coefficient (Wildman–Crippen LogP) is 3.05. The van der Waals surface area contributed by atoms with Crippen molar-refractivity contribution in [2.75, 3.05) is 39.8 Å². The van der Waals surface area contributed by atoms with Crippen molar-refractivity contribution in [1.29, 1.82) is 0 Å². The number of hydrogen-bond acceptors (Lipinski definition) is 3. The Morgan fingerprint density at radius 1 is 1.19 bits per heavy atom. The van der Waals surface area contributed by atoms with Gasteiger partial charge < -0.3 is 15.0 Å². The van der Waals surface area contributed by atoms with E-state index in [0.717, 1.165) is 44.9 Å². The molecule has 3 heteroatoms. The normalized spacial score (nSPS) is 16.4. The van der Waals surface area contributed by atoms with E-state index in [1.54, 1.807) is 7.11 Å². The molecule has 1 aliphatic heterocycles. The summed E-state index contributed by atoms with van der Waals surface area (Å²) >= 11 is 0. The molecule has 3 nitrogen and oxygen atoms in total. The first-order chi connectivity index (χ1) is 10.3. The van der Waals surface area contributed by atoms with Crippen LogP contribution in [0.3, 0.4) is 0 Å². The Balaban J connectivity index is 2.06. The average molecular weight is 290 g/mol. The fourth-order valence-electron chi connectivity index (χ4n) is 3.22. The van der Waals surface area contributed by atoms with Gasteiger partial charge in [0.1, 0.15) is 5.75 Å². The lowest BCUT2D eigenvalue weighted by molar-refractivity contribution is 0.243. The van der Waals surface area contributed by atoms with Gasteiger partial charge in [-0.25, -0.2) is 0 Å². The molecule has 1 fully saturated rings. The summed E-state index contributed by atoms with van der Waals surface area (Å²) in [6.07, 6.45) is 3.50. The first kappa shape index (κ1) is 16.3. The first-order valence-corrected chi connectivity index (χ1v) is 8.38. The minimum Gasteiger partial charge on any atom is -0.496 e. The highest BCUT2D eigenvalue weighted by molar-refractivity contribution is 5.39. The molecule has 0 spiro atoms. The number of methoxy groups -OCH3 is 1. The molecular weight excluding hydrogens is 260 g/mol. The summed E-state index contributed by atoms with van der Waals surface area (Å²) in [5, 5.41) is 3.41. The van der Waals surface area contributed by atoms with Gasteiger partial charge in [-0.2, -0.15) is 0 Å². The molecule has 1 aromatic carbocycles. The van der Waals surface area contributed by atoms with Crippen molar-refractivity contribution in [3.8, 4) is 5.75 Å². The molecular formula is C18H30N2O. The summed E-state index contributed by atoms with van der Waals surface area (Å²) in [6, 6.07) is 6.77. The zero-order chi connectivity index (χ0) is 15.1. The first-order valence-electron chi connectivity index (χ1n) is 8.38. The van der Waals surface area contributed by atoms with Crippen LogP contribution in [0.25, 0.3) is 0 Å². The lowest BCUT2D eigenvalue weighted by Gasteiger charge is -2.27. The molecule has 0 atom stereocenters. The third-order valence-electron chi connectivity index (χ3n) is 4.67. The molecule has 2 rings (SSSR count). The standard InChI is InChI=1S/C18H30N2O/c1-4-15(5-2)16-6-7-18(21-3)17(14-16)8-11-20-12-9-19-10-13-20/h6-7,14-15,19H,4-5,8-13H2,1-3H3. The van der Waals surface area contributed by atoms with Gasteiger partial charge in [-0.3, -0.25) is 0 Å². The van der Waals surface area contributed by atoms with Gasteiger partial charge in [-0.1, -0.05) is 26.0 Å². The van der Waals surface area contributed by atoms with Gasteiger partial charge in [0.2, 0.25) is 0 Å². The third-order valence-corrected chi connectivity index (χ3v) is 4.67. The molecule has 1 saturated heterocycles. The highest BCUT2D eigenvalue weighted by atomic mass is 16.5. The lowest BCUT2D eigenvalue weighted by atomic mass is 9.92. The topological polar surface area (TPSA) is 24.5 Å². The summed E-state index contributed by atoms with van der Waals surface area (Å²) in [7, 11) is 1.78. The Hall–Kier alpha value is -1.06. The minimum atomic E-state index is 0.675.